The maximum absolute atomic E-state index is 13.1. The molecule has 2 aromatic rings. The van der Waals surface area contributed by atoms with Gasteiger partial charge in [-0.1, -0.05) is 17.3 Å². The first-order valence-electron chi connectivity index (χ1n) is 9.98. The summed E-state index contributed by atoms with van der Waals surface area (Å²) in [4.78, 5) is 11.3. The van der Waals surface area contributed by atoms with E-state index in [0.717, 1.165) is 62.1 Å². The Morgan fingerprint density at radius 3 is 2.48 bits per heavy atom. The number of aryl methyl sites for hydroxylation is 1. The highest BCUT2D eigenvalue weighted by atomic mass is 19.4. The number of fused-ring (bicyclic) bond motifs is 1. The van der Waals surface area contributed by atoms with Crippen LogP contribution in [0, 0.1) is 11.7 Å². The number of aromatic nitrogens is 3. The zero-order valence-corrected chi connectivity index (χ0v) is 16.8. The molecule has 31 heavy (non-hydrogen) atoms. The Labute approximate surface area is 176 Å². The number of carboxylic acid groups (broad SMARTS) is 1. The maximum Gasteiger partial charge on any atom is 0.490 e. The van der Waals surface area contributed by atoms with E-state index in [1.807, 2.05) is 16.8 Å². The summed E-state index contributed by atoms with van der Waals surface area (Å²) in [5.74, 6) is -2.19. The van der Waals surface area contributed by atoms with Gasteiger partial charge in [-0.3, -0.25) is 4.90 Å². The third-order valence-corrected chi connectivity index (χ3v) is 4.99. The van der Waals surface area contributed by atoms with Crippen molar-refractivity contribution in [2.75, 3.05) is 13.2 Å². The molecule has 2 heterocycles. The molecule has 1 N–H and O–H groups in total. The fourth-order valence-corrected chi connectivity index (χ4v) is 3.16. The Balaban J connectivity index is 0.000000339. The summed E-state index contributed by atoms with van der Waals surface area (Å²) < 4.78 is 52.6. The van der Waals surface area contributed by atoms with Gasteiger partial charge >= 0.3 is 12.1 Å². The highest BCUT2D eigenvalue weighted by Gasteiger charge is 2.38. The minimum atomic E-state index is -5.08. The topological polar surface area (TPSA) is 80.5 Å². The van der Waals surface area contributed by atoms with Gasteiger partial charge in [0.05, 0.1) is 12.3 Å². The van der Waals surface area contributed by atoms with Crippen molar-refractivity contribution in [2.45, 2.75) is 51.7 Å². The molecular weight excluding hydrogens is 420 g/mol. The molecule has 11 heteroatoms. The summed E-state index contributed by atoms with van der Waals surface area (Å²) >= 11 is 0. The molecule has 2 aliphatic rings. The number of halogens is 4. The minimum Gasteiger partial charge on any atom is -0.475 e. The van der Waals surface area contributed by atoms with Crippen molar-refractivity contribution in [3.8, 4) is 0 Å². The Morgan fingerprint density at radius 2 is 1.87 bits per heavy atom. The molecule has 1 fully saturated rings. The standard InChI is InChI=1S/C18H23FN4O.C2HF3O2/c19-16-6-4-14(5-7-16)10-22-8-1-9-23-18(11-22)17(20-21-23)13-24-12-15-2-3-15;3-2(4,5)1(6)7/h4-7,15H,1-3,8-13H2;(H,6,7). The van der Waals surface area contributed by atoms with E-state index in [1.165, 1.54) is 25.0 Å². The highest BCUT2D eigenvalue weighted by Crippen LogP contribution is 2.29. The van der Waals surface area contributed by atoms with Crippen molar-refractivity contribution in [2.24, 2.45) is 5.92 Å². The van der Waals surface area contributed by atoms with Gasteiger partial charge in [0, 0.05) is 32.8 Å². The lowest BCUT2D eigenvalue weighted by atomic mass is 10.2. The lowest BCUT2D eigenvalue weighted by Crippen LogP contribution is -2.23. The monoisotopic (exact) mass is 444 g/mol. The molecule has 4 rings (SSSR count). The number of alkyl halides is 3. The number of nitrogens with zero attached hydrogens (tertiary/aromatic N) is 4. The average Bonchev–Trinajstić information content (AvgIpc) is 3.49. The molecule has 1 aliphatic heterocycles. The van der Waals surface area contributed by atoms with Crippen LogP contribution in [0.15, 0.2) is 24.3 Å². The van der Waals surface area contributed by atoms with Crippen LogP contribution in [-0.2, 0) is 35.8 Å². The average molecular weight is 444 g/mol. The number of benzene rings is 1. The SMILES string of the molecule is Fc1ccc(CN2CCCn3nnc(COCC4CC4)c3C2)cc1.O=C(O)C(F)(F)F. The molecule has 7 nitrogen and oxygen atoms in total. The molecule has 1 aromatic heterocycles. The third-order valence-electron chi connectivity index (χ3n) is 4.99. The Kier molecular flexibility index (Phi) is 7.60. The summed E-state index contributed by atoms with van der Waals surface area (Å²) in [5.41, 5.74) is 3.25. The van der Waals surface area contributed by atoms with Crippen LogP contribution in [0.25, 0.3) is 0 Å². The fourth-order valence-electron chi connectivity index (χ4n) is 3.16. The molecule has 0 bridgehead atoms. The summed E-state index contributed by atoms with van der Waals surface area (Å²) in [5, 5.41) is 15.7. The van der Waals surface area contributed by atoms with Gasteiger partial charge in [-0.15, -0.1) is 5.10 Å². The number of hydrogen-bond acceptors (Lipinski definition) is 5. The summed E-state index contributed by atoms with van der Waals surface area (Å²) in [6, 6.07) is 6.76. The van der Waals surface area contributed by atoms with Crippen LogP contribution in [0.3, 0.4) is 0 Å². The molecule has 1 aromatic carbocycles. The number of aliphatic carboxylic acids is 1. The molecule has 0 radical (unpaired) electrons. The third kappa shape index (κ3) is 7.28. The molecule has 0 unspecified atom stereocenters. The molecule has 0 atom stereocenters. The van der Waals surface area contributed by atoms with Crippen molar-refractivity contribution in [3.05, 3.63) is 47.0 Å². The number of rotatable bonds is 6. The highest BCUT2D eigenvalue weighted by molar-refractivity contribution is 5.73. The lowest BCUT2D eigenvalue weighted by molar-refractivity contribution is -0.192. The first-order chi connectivity index (χ1) is 14.7. The van der Waals surface area contributed by atoms with Crippen LogP contribution in [0.5, 0.6) is 0 Å². The second-order valence-electron chi connectivity index (χ2n) is 7.66. The van der Waals surface area contributed by atoms with Crippen LogP contribution in [-0.4, -0.2) is 50.3 Å². The van der Waals surface area contributed by atoms with Crippen LogP contribution in [0.1, 0.15) is 36.2 Å². The second kappa shape index (κ2) is 10.2. The minimum absolute atomic E-state index is 0.188. The van der Waals surface area contributed by atoms with E-state index in [-0.39, 0.29) is 5.82 Å². The van der Waals surface area contributed by atoms with Gasteiger partial charge in [0.1, 0.15) is 11.5 Å². The second-order valence-corrected chi connectivity index (χ2v) is 7.66. The maximum atomic E-state index is 13.1. The number of ether oxygens (including phenoxy) is 1. The van der Waals surface area contributed by atoms with E-state index < -0.39 is 12.1 Å². The van der Waals surface area contributed by atoms with Crippen molar-refractivity contribution >= 4 is 5.97 Å². The zero-order chi connectivity index (χ0) is 22.4. The molecule has 0 spiro atoms. The number of carbonyl (C=O) groups is 1. The normalized spacial score (nSPS) is 16.8. The van der Waals surface area contributed by atoms with E-state index in [2.05, 4.69) is 15.2 Å². The predicted octanol–water partition coefficient (Wildman–Crippen LogP) is 3.38. The van der Waals surface area contributed by atoms with Crippen molar-refractivity contribution in [1.29, 1.82) is 0 Å². The Morgan fingerprint density at radius 1 is 1.19 bits per heavy atom. The lowest BCUT2D eigenvalue weighted by Gasteiger charge is -2.20. The van der Waals surface area contributed by atoms with E-state index in [0.29, 0.717) is 6.61 Å². The van der Waals surface area contributed by atoms with Crippen molar-refractivity contribution in [3.63, 3.8) is 0 Å². The fraction of sp³-hybridized carbons (Fsp3) is 0.550. The van der Waals surface area contributed by atoms with Gasteiger partial charge in [-0.25, -0.2) is 13.9 Å². The van der Waals surface area contributed by atoms with Gasteiger partial charge in [0.15, 0.2) is 0 Å². The predicted molar refractivity (Wildman–Crippen MR) is 101 cm³/mol. The number of carboxylic acids is 1. The molecule has 170 valence electrons. The van der Waals surface area contributed by atoms with Crippen LogP contribution >= 0.6 is 0 Å². The van der Waals surface area contributed by atoms with E-state index in [9.17, 15) is 17.6 Å². The Bertz CT molecular complexity index is 866. The van der Waals surface area contributed by atoms with Crippen molar-refractivity contribution < 1.29 is 32.2 Å². The Hall–Kier alpha value is -2.53. The summed E-state index contributed by atoms with van der Waals surface area (Å²) in [7, 11) is 0. The van der Waals surface area contributed by atoms with Gasteiger partial charge < -0.3 is 9.84 Å². The van der Waals surface area contributed by atoms with Crippen LogP contribution in [0.4, 0.5) is 17.6 Å². The zero-order valence-electron chi connectivity index (χ0n) is 16.8. The number of hydrogen-bond donors (Lipinski definition) is 1. The van der Waals surface area contributed by atoms with Gasteiger partial charge in [0.2, 0.25) is 0 Å². The summed E-state index contributed by atoms with van der Waals surface area (Å²) in [6.07, 6.45) is -1.45. The van der Waals surface area contributed by atoms with Crippen LogP contribution in [0.2, 0.25) is 0 Å². The first kappa shape index (κ1) is 23.1. The summed E-state index contributed by atoms with van der Waals surface area (Å²) in [6.45, 7) is 4.91. The van der Waals surface area contributed by atoms with Gasteiger partial charge in [-0.2, -0.15) is 13.2 Å². The van der Waals surface area contributed by atoms with Crippen LogP contribution < -0.4 is 0 Å². The van der Waals surface area contributed by atoms with Gasteiger partial charge in [0.25, 0.3) is 0 Å². The molecular formula is C20H24F4N4O3. The smallest absolute Gasteiger partial charge is 0.475 e. The van der Waals surface area contributed by atoms with Crippen molar-refractivity contribution in [1.82, 2.24) is 19.9 Å². The molecule has 1 aliphatic carbocycles. The van der Waals surface area contributed by atoms with E-state index in [4.69, 9.17) is 14.6 Å². The largest absolute Gasteiger partial charge is 0.490 e. The molecule has 0 amide bonds. The van der Waals surface area contributed by atoms with E-state index >= 15 is 0 Å². The molecule has 0 saturated heterocycles. The van der Waals surface area contributed by atoms with Gasteiger partial charge in [-0.05, 0) is 42.9 Å². The molecule has 1 saturated carbocycles. The first-order valence-corrected chi connectivity index (χ1v) is 9.98. The van der Waals surface area contributed by atoms with E-state index in [1.54, 1.807) is 0 Å². The quantitative estimate of drug-likeness (QED) is 0.688.